The first-order chi connectivity index (χ1) is 6.74. The van der Waals surface area contributed by atoms with Gasteiger partial charge in [-0.2, -0.15) is 0 Å². The number of Topliss-reactive ketones (excluding diaryl/α,β-unsaturated/α-hetero) is 1. The predicted octanol–water partition coefficient (Wildman–Crippen LogP) is 1.35. The molecule has 0 amide bonds. The lowest BCUT2D eigenvalue weighted by atomic mass is 10.0. The standard InChI is InChI=1S/C11H15NO2/c1-2-4-10(13)11(14)7-9-5-3-6-12-8-9/h3,5-6,8,10,13H,2,4,7H2,1H3. The topological polar surface area (TPSA) is 50.2 Å². The van der Waals surface area contributed by atoms with Crippen molar-refractivity contribution in [2.45, 2.75) is 32.3 Å². The average Bonchev–Trinajstić information content (AvgIpc) is 2.19. The summed E-state index contributed by atoms with van der Waals surface area (Å²) in [6, 6.07) is 3.62. The van der Waals surface area contributed by atoms with E-state index in [1.165, 1.54) is 0 Å². The Morgan fingerprint density at radius 3 is 3.00 bits per heavy atom. The summed E-state index contributed by atoms with van der Waals surface area (Å²) in [6.45, 7) is 1.95. The van der Waals surface area contributed by atoms with Crippen molar-refractivity contribution >= 4 is 5.78 Å². The summed E-state index contributed by atoms with van der Waals surface area (Å²) in [4.78, 5) is 15.3. The van der Waals surface area contributed by atoms with Crippen LogP contribution in [0.25, 0.3) is 0 Å². The molecule has 14 heavy (non-hydrogen) atoms. The van der Waals surface area contributed by atoms with Crippen LogP contribution in [0.2, 0.25) is 0 Å². The van der Waals surface area contributed by atoms with Gasteiger partial charge in [-0.3, -0.25) is 9.78 Å². The van der Waals surface area contributed by atoms with Gasteiger partial charge < -0.3 is 5.11 Å². The van der Waals surface area contributed by atoms with Gasteiger partial charge in [-0.25, -0.2) is 0 Å². The van der Waals surface area contributed by atoms with Crippen LogP contribution in [0.1, 0.15) is 25.3 Å². The van der Waals surface area contributed by atoms with Crippen LogP contribution in [-0.4, -0.2) is 22.0 Å². The molecule has 0 saturated heterocycles. The minimum Gasteiger partial charge on any atom is -0.385 e. The van der Waals surface area contributed by atoms with Crippen molar-refractivity contribution in [3.05, 3.63) is 30.1 Å². The minimum atomic E-state index is -0.819. The lowest BCUT2D eigenvalue weighted by Gasteiger charge is -2.07. The molecule has 0 radical (unpaired) electrons. The molecule has 1 aromatic rings. The fourth-order valence-corrected chi connectivity index (χ4v) is 1.26. The molecular weight excluding hydrogens is 178 g/mol. The number of aliphatic hydroxyl groups is 1. The van der Waals surface area contributed by atoms with Crippen LogP contribution in [0, 0.1) is 0 Å². The summed E-state index contributed by atoms with van der Waals surface area (Å²) in [5.41, 5.74) is 0.854. The van der Waals surface area contributed by atoms with Gasteiger partial charge in [-0.15, -0.1) is 0 Å². The van der Waals surface area contributed by atoms with Gasteiger partial charge in [0.1, 0.15) is 6.10 Å². The molecule has 0 spiro atoms. The fourth-order valence-electron chi connectivity index (χ4n) is 1.26. The second kappa shape index (κ2) is 5.50. The molecule has 1 rings (SSSR count). The van der Waals surface area contributed by atoms with Gasteiger partial charge in [0, 0.05) is 18.8 Å². The maximum atomic E-state index is 11.4. The van der Waals surface area contributed by atoms with E-state index in [-0.39, 0.29) is 12.2 Å². The fraction of sp³-hybridized carbons (Fsp3) is 0.455. The van der Waals surface area contributed by atoms with Crippen molar-refractivity contribution in [3.8, 4) is 0 Å². The van der Waals surface area contributed by atoms with E-state index in [1.54, 1.807) is 18.5 Å². The molecule has 3 heteroatoms. The SMILES string of the molecule is CCCC(O)C(=O)Cc1cccnc1. The minimum absolute atomic E-state index is 0.125. The largest absolute Gasteiger partial charge is 0.385 e. The van der Waals surface area contributed by atoms with Crippen molar-refractivity contribution in [1.82, 2.24) is 4.98 Å². The van der Waals surface area contributed by atoms with Crippen LogP contribution >= 0.6 is 0 Å². The molecule has 1 unspecified atom stereocenters. The first kappa shape index (κ1) is 10.9. The molecule has 0 aliphatic heterocycles. The average molecular weight is 193 g/mol. The Bertz CT molecular complexity index is 285. The molecule has 3 nitrogen and oxygen atoms in total. The number of rotatable bonds is 5. The van der Waals surface area contributed by atoms with Crippen LogP contribution in [-0.2, 0) is 11.2 Å². The van der Waals surface area contributed by atoms with Crippen molar-refractivity contribution in [2.75, 3.05) is 0 Å². The molecule has 1 N–H and O–H groups in total. The number of pyridine rings is 1. The molecular formula is C11H15NO2. The van der Waals surface area contributed by atoms with Crippen molar-refractivity contribution in [1.29, 1.82) is 0 Å². The number of nitrogens with zero attached hydrogens (tertiary/aromatic N) is 1. The van der Waals surface area contributed by atoms with Gasteiger partial charge >= 0.3 is 0 Å². The molecule has 1 atom stereocenters. The number of ketones is 1. The van der Waals surface area contributed by atoms with Crippen LogP contribution < -0.4 is 0 Å². The van der Waals surface area contributed by atoms with E-state index in [0.29, 0.717) is 6.42 Å². The Hall–Kier alpha value is -1.22. The maximum absolute atomic E-state index is 11.4. The quantitative estimate of drug-likeness (QED) is 0.768. The summed E-state index contributed by atoms with van der Waals surface area (Å²) in [7, 11) is 0. The molecule has 1 heterocycles. The first-order valence-corrected chi connectivity index (χ1v) is 4.83. The van der Waals surface area contributed by atoms with Crippen LogP contribution in [0.4, 0.5) is 0 Å². The highest BCUT2D eigenvalue weighted by Crippen LogP contribution is 2.04. The molecule has 0 aliphatic rings. The number of hydrogen-bond donors (Lipinski definition) is 1. The summed E-state index contributed by atoms with van der Waals surface area (Å²) in [6.07, 6.45) is 4.13. The molecule has 0 fully saturated rings. The van der Waals surface area contributed by atoms with Gasteiger partial charge in [-0.05, 0) is 18.1 Å². The molecule has 0 aromatic carbocycles. The summed E-state index contributed by atoms with van der Waals surface area (Å²) in [5.74, 6) is -0.125. The summed E-state index contributed by atoms with van der Waals surface area (Å²) < 4.78 is 0. The highest BCUT2D eigenvalue weighted by Gasteiger charge is 2.13. The van der Waals surface area contributed by atoms with Gasteiger partial charge in [0.15, 0.2) is 5.78 Å². The van der Waals surface area contributed by atoms with Gasteiger partial charge in [0.25, 0.3) is 0 Å². The zero-order valence-electron chi connectivity index (χ0n) is 8.31. The number of aliphatic hydroxyl groups excluding tert-OH is 1. The molecule has 0 aliphatic carbocycles. The Labute approximate surface area is 83.8 Å². The van der Waals surface area contributed by atoms with Crippen molar-refractivity contribution < 1.29 is 9.90 Å². The van der Waals surface area contributed by atoms with Gasteiger partial charge in [0.2, 0.25) is 0 Å². The van der Waals surface area contributed by atoms with E-state index in [0.717, 1.165) is 12.0 Å². The smallest absolute Gasteiger partial charge is 0.165 e. The zero-order chi connectivity index (χ0) is 10.4. The highest BCUT2D eigenvalue weighted by molar-refractivity contribution is 5.84. The van der Waals surface area contributed by atoms with Gasteiger partial charge in [0.05, 0.1) is 0 Å². The van der Waals surface area contributed by atoms with Crippen LogP contribution in [0.15, 0.2) is 24.5 Å². The predicted molar refractivity (Wildman–Crippen MR) is 53.9 cm³/mol. The lowest BCUT2D eigenvalue weighted by Crippen LogP contribution is -2.21. The molecule has 1 aromatic heterocycles. The second-order valence-corrected chi connectivity index (χ2v) is 3.31. The third-order valence-electron chi connectivity index (χ3n) is 2.03. The van der Waals surface area contributed by atoms with Gasteiger partial charge in [-0.1, -0.05) is 19.4 Å². The third kappa shape index (κ3) is 3.26. The number of carbonyl (C=O) groups is 1. The van der Waals surface area contributed by atoms with Crippen molar-refractivity contribution in [2.24, 2.45) is 0 Å². The highest BCUT2D eigenvalue weighted by atomic mass is 16.3. The monoisotopic (exact) mass is 193 g/mol. The maximum Gasteiger partial charge on any atom is 0.165 e. The van der Waals surface area contributed by atoms with Crippen LogP contribution in [0.3, 0.4) is 0 Å². The summed E-state index contributed by atoms with van der Waals surface area (Å²) >= 11 is 0. The van der Waals surface area contributed by atoms with Crippen LogP contribution in [0.5, 0.6) is 0 Å². The van der Waals surface area contributed by atoms with E-state index in [9.17, 15) is 9.90 Å². The van der Waals surface area contributed by atoms with E-state index in [2.05, 4.69) is 4.98 Å². The Morgan fingerprint density at radius 2 is 2.43 bits per heavy atom. The molecule has 76 valence electrons. The second-order valence-electron chi connectivity index (χ2n) is 3.31. The molecule has 0 saturated carbocycles. The molecule has 0 bridgehead atoms. The zero-order valence-corrected chi connectivity index (χ0v) is 8.31. The number of carbonyl (C=O) groups excluding carboxylic acids is 1. The number of aromatic nitrogens is 1. The van der Waals surface area contributed by atoms with E-state index in [1.807, 2.05) is 13.0 Å². The van der Waals surface area contributed by atoms with Crippen molar-refractivity contribution in [3.63, 3.8) is 0 Å². The lowest BCUT2D eigenvalue weighted by molar-refractivity contribution is -0.126. The van der Waals surface area contributed by atoms with E-state index >= 15 is 0 Å². The normalized spacial score (nSPS) is 12.4. The number of hydrogen-bond acceptors (Lipinski definition) is 3. The Kier molecular flexibility index (Phi) is 4.26. The third-order valence-corrected chi connectivity index (χ3v) is 2.03. The van der Waals surface area contributed by atoms with E-state index < -0.39 is 6.10 Å². The summed E-state index contributed by atoms with van der Waals surface area (Å²) in [5, 5.41) is 9.41. The van der Waals surface area contributed by atoms with E-state index in [4.69, 9.17) is 0 Å². The first-order valence-electron chi connectivity index (χ1n) is 4.83. The Morgan fingerprint density at radius 1 is 1.64 bits per heavy atom. The Balaban J connectivity index is 2.49.